The number of nitrogens with zero attached hydrogens (tertiary/aromatic N) is 3. The highest BCUT2D eigenvalue weighted by molar-refractivity contribution is 8.01. The number of nitrogens with one attached hydrogen (secondary N) is 2. The largest absolute Gasteiger partial charge is 0.357 e. The molecule has 1 aliphatic rings. The lowest BCUT2D eigenvalue weighted by atomic mass is 10.2. The Bertz CT molecular complexity index is 902. The van der Waals surface area contributed by atoms with Crippen molar-refractivity contribution in [2.24, 2.45) is 0 Å². The second-order valence-electron chi connectivity index (χ2n) is 5.52. The number of aromatic amines is 1. The van der Waals surface area contributed by atoms with Crippen LogP contribution < -0.4 is 10.9 Å². The SMILES string of the molecule is C[C@@H](Sc1nnc(NC2CC2)s1)c1nc2ccccc2c(=O)[nH]1. The normalized spacial score (nSPS) is 15.7. The first kappa shape index (κ1) is 14.6. The van der Waals surface area contributed by atoms with Gasteiger partial charge in [-0.1, -0.05) is 35.2 Å². The maximum atomic E-state index is 12.1. The van der Waals surface area contributed by atoms with Gasteiger partial charge in [0.25, 0.3) is 5.56 Å². The van der Waals surface area contributed by atoms with Crippen LogP contribution in [0.5, 0.6) is 0 Å². The van der Waals surface area contributed by atoms with Crippen LogP contribution >= 0.6 is 23.1 Å². The van der Waals surface area contributed by atoms with Crippen LogP contribution in [0.3, 0.4) is 0 Å². The van der Waals surface area contributed by atoms with Crippen LogP contribution in [-0.2, 0) is 0 Å². The monoisotopic (exact) mass is 345 g/mol. The molecule has 4 rings (SSSR count). The summed E-state index contributed by atoms with van der Waals surface area (Å²) in [6.45, 7) is 2.01. The van der Waals surface area contributed by atoms with Crippen molar-refractivity contribution in [2.75, 3.05) is 5.32 Å². The first-order valence-electron chi connectivity index (χ1n) is 7.45. The van der Waals surface area contributed by atoms with Crippen molar-refractivity contribution < 1.29 is 0 Å². The van der Waals surface area contributed by atoms with Crippen molar-refractivity contribution in [2.45, 2.75) is 35.4 Å². The van der Waals surface area contributed by atoms with E-state index in [1.165, 1.54) is 12.8 Å². The van der Waals surface area contributed by atoms with E-state index in [-0.39, 0.29) is 10.8 Å². The standard InChI is InChI=1S/C15H15N5OS2/c1-8(22-15-20-19-14(23-15)16-9-6-7-9)12-17-11-5-3-2-4-10(11)13(21)18-12/h2-5,8-9H,6-7H2,1H3,(H,16,19)(H,17,18,21)/t8-/m1/s1. The molecule has 2 N–H and O–H groups in total. The predicted molar refractivity (Wildman–Crippen MR) is 93.2 cm³/mol. The quantitative estimate of drug-likeness (QED) is 0.691. The highest BCUT2D eigenvalue weighted by atomic mass is 32.2. The van der Waals surface area contributed by atoms with Crippen molar-refractivity contribution in [3.8, 4) is 0 Å². The fraction of sp³-hybridized carbons (Fsp3) is 0.333. The van der Waals surface area contributed by atoms with Crippen molar-refractivity contribution in [3.05, 3.63) is 40.4 Å². The topological polar surface area (TPSA) is 83.6 Å². The Labute approximate surface area is 140 Å². The minimum atomic E-state index is -0.105. The first-order chi connectivity index (χ1) is 11.2. The van der Waals surface area contributed by atoms with Gasteiger partial charge in [-0.05, 0) is 31.9 Å². The lowest BCUT2D eigenvalue weighted by molar-refractivity contribution is 0.916. The summed E-state index contributed by atoms with van der Waals surface area (Å²) in [7, 11) is 0. The van der Waals surface area contributed by atoms with Gasteiger partial charge in [0, 0.05) is 6.04 Å². The summed E-state index contributed by atoms with van der Waals surface area (Å²) < 4.78 is 0.872. The molecule has 2 heterocycles. The number of rotatable bonds is 5. The van der Waals surface area contributed by atoms with Crippen molar-refractivity contribution in [1.82, 2.24) is 20.2 Å². The van der Waals surface area contributed by atoms with E-state index in [0.29, 0.717) is 22.8 Å². The molecule has 6 nitrogen and oxygen atoms in total. The van der Waals surface area contributed by atoms with Gasteiger partial charge in [-0.15, -0.1) is 10.2 Å². The molecule has 118 valence electrons. The molecule has 0 aliphatic heterocycles. The van der Waals surface area contributed by atoms with E-state index >= 15 is 0 Å². The summed E-state index contributed by atoms with van der Waals surface area (Å²) >= 11 is 3.10. The molecule has 8 heteroatoms. The Kier molecular flexibility index (Phi) is 3.78. The van der Waals surface area contributed by atoms with Crippen molar-refractivity contribution in [1.29, 1.82) is 0 Å². The van der Waals surface area contributed by atoms with Crippen molar-refractivity contribution in [3.63, 3.8) is 0 Å². The second-order valence-corrected chi connectivity index (χ2v) is 8.09. The average molecular weight is 345 g/mol. The molecular weight excluding hydrogens is 330 g/mol. The minimum absolute atomic E-state index is 0.00553. The summed E-state index contributed by atoms with van der Waals surface area (Å²) in [6, 6.07) is 7.93. The smallest absolute Gasteiger partial charge is 0.258 e. The fourth-order valence-electron chi connectivity index (χ4n) is 2.22. The molecule has 1 aromatic carbocycles. The third kappa shape index (κ3) is 3.23. The van der Waals surface area contributed by atoms with Gasteiger partial charge in [-0.25, -0.2) is 4.98 Å². The lowest BCUT2D eigenvalue weighted by Crippen LogP contribution is -2.12. The summed E-state index contributed by atoms with van der Waals surface area (Å²) in [6.07, 6.45) is 2.42. The fourth-order valence-corrected chi connectivity index (χ4v) is 4.25. The van der Waals surface area contributed by atoms with Crippen LogP contribution in [0.15, 0.2) is 33.4 Å². The van der Waals surface area contributed by atoms with Crippen LogP contribution in [0.1, 0.15) is 30.8 Å². The van der Waals surface area contributed by atoms with E-state index in [1.807, 2.05) is 25.1 Å². The van der Waals surface area contributed by atoms with E-state index in [4.69, 9.17) is 0 Å². The number of thioether (sulfide) groups is 1. The van der Waals surface area contributed by atoms with Gasteiger partial charge >= 0.3 is 0 Å². The second kappa shape index (κ2) is 5.93. The van der Waals surface area contributed by atoms with Crippen LogP contribution in [0.4, 0.5) is 5.13 Å². The summed E-state index contributed by atoms with van der Waals surface area (Å²) in [5, 5.41) is 13.2. The summed E-state index contributed by atoms with van der Waals surface area (Å²) in [5.74, 6) is 0.658. The zero-order valence-electron chi connectivity index (χ0n) is 12.4. The molecule has 0 amide bonds. The van der Waals surface area contributed by atoms with Crippen molar-refractivity contribution >= 4 is 39.1 Å². The molecule has 3 aromatic rings. The van der Waals surface area contributed by atoms with Gasteiger partial charge in [0.1, 0.15) is 5.82 Å². The number of anilines is 1. The van der Waals surface area contributed by atoms with Crippen LogP contribution in [0.25, 0.3) is 10.9 Å². The van der Waals surface area contributed by atoms with Gasteiger partial charge in [-0.2, -0.15) is 0 Å². The minimum Gasteiger partial charge on any atom is -0.357 e. The average Bonchev–Trinajstić information content (AvgIpc) is 3.25. The van der Waals surface area contributed by atoms with Crippen LogP contribution in [0, 0.1) is 0 Å². The molecule has 1 atom stereocenters. The molecule has 23 heavy (non-hydrogen) atoms. The molecule has 1 aliphatic carbocycles. The van der Waals surface area contributed by atoms with Gasteiger partial charge in [0.05, 0.1) is 16.2 Å². The van der Waals surface area contributed by atoms with Gasteiger partial charge < -0.3 is 10.3 Å². The van der Waals surface area contributed by atoms with Crippen LogP contribution in [-0.4, -0.2) is 26.2 Å². The Hall–Kier alpha value is -1.93. The van der Waals surface area contributed by atoms with Gasteiger partial charge in [-0.3, -0.25) is 4.79 Å². The summed E-state index contributed by atoms with van der Waals surface area (Å²) in [4.78, 5) is 19.6. The van der Waals surface area contributed by atoms with Gasteiger partial charge in [0.2, 0.25) is 5.13 Å². The van der Waals surface area contributed by atoms with E-state index in [1.54, 1.807) is 29.2 Å². The highest BCUT2D eigenvalue weighted by Gasteiger charge is 2.23. The Balaban J connectivity index is 1.55. The highest BCUT2D eigenvalue weighted by Crippen LogP contribution is 2.37. The number of H-pyrrole nitrogens is 1. The number of hydrogen-bond donors (Lipinski definition) is 2. The van der Waals surface area contributed by atoms with E-state index in [0.717, 1.165) is 9.47 Å². The first-order valence-corrected chi connectivity index (χ1v) is 9.14. The Morgan fingerprint density at radius 3 is 3.00 bits per heavy atom. The predicted octanol–water partition coefficient (Wildman–Crippen LogP) is 3.20. The third-order valence-corrected chi connectivity index (χ3v) is 5.65. The zero-order chi connectivity index (χ0) is 15.8. The molecule has 2 aromatic heterocycles. The number of hydrogen-bond acceptors (Lipinski definition) is 7. The van der Waals surface area contributed by atoms with E-state index in [9.17, 15) is 4.79 Å². The van der Waals surface area contributed by atoms with Crippen LogP contribution in [0.2, 0.25) is 0 Å². The van der Waals surface area contributed by atoms with E-state index in [2.05, 4.69) is 25.5 Å². The number of para-hydroxylation sites is 1. The molecule has 0 saturated heterocycles. The third-order valence-electron chi connectivity index (χ3n) is 3.61. The number of fused-ring (bicyclic) bond motifs is 1. The number of aromatic nitrogens is 4. The molecule has 0 spiro atoms. The maximum absolute atomic E-state index is 12.1. The summed E-state index contributed by atoms with van der Waals surface area (Å²) in [5.41, 5.74) is 0.610. The number of benzene rings is 1. The molecule has 0 unspecified atom stereocenters. The molecule has 1 fully saturated rings. The molecule has 0 bridgehead atoms. The zero-order valence-corrected chi connectivity index (χ0v) is 14.1. The maximum Gasteiger partial charge on any atom is 0.258 e. The molecule has 0 radical (unpaired) electrons. The molecule has 1 saturated carbocycles. The lowest BCUT2D eigenvalue weighted by Gasteiger charge is -2.08. The molecular formula is C15H15N5OS2. The Morgan fingerprint density at radius 1 is 1.35 bits per heavy atom. The Morgan fingerprint density at radius 2 is 2.17 bits per heavy atom. The van der Waals surface area contributed by atoms with E-state index < -0.39 is 0 Å². The van der Waals surface area contributed by atoms with Gasteiger partial charge in [0.15, 0.2) is 4.34 Å².